The Bertz CT molecular complexity index is 997. The number of hydrogen-bond donors (Lipinski definition) is 1. The van der Waals surface area contributed by atoms with Crippen LogP contribution in [0.1, 0.15) is 25.5 Å². The summed E-state index contributed by atoms with van der Waals surface area (Å²) in [5.74, 6) is 0.567. The quantitative estimate of drug-likeness (QED) is 0.726. The number of carbonyl (C=O) groups excluding carboxylic acids is 1. The lowest BCUT2D eigenvalue weighted by Gasteiger charge is -2.39. The second kappa shape index (κ2) is 8.30. The average Bonchev–Trinajstić information content (AvgIpc) is 2.68. The van der Waals surface area contributed by atoms with E-state index in [1.54, 1.807) is 18.3 Å². The Labute approximate surface area is 170 Å². The molecule has 1 fully saturated rings. The number of amides is 1. The summed E-state index contributed by atoms with van der Waals surface area (Å²) < 4.78 is 33.0. The molecule has 0 aliphatic carbocycles. The highest BCUT2D eigenvalue weighted by Gasteiger charge is 2.36. The van der Waals surface area contributed by atoms with E-state index in [1.807, 2.05) is 13.8 Å². The lowest BCUT2D eigenvalue weighted by atomic mass is 9.90. The monoisotopic (exact) mass is 416 g/mol. The van der Waals surface area contributed by atoms with Gasteiger partial charge in [-0.1, -0.05) is 6.58 Å². The highest BCUT2D eigenvalue weighted by molar-refractivity contribution is 7.89. The first-order valence-electron chi connectivity index (χ1n) is 9.23. The minimum atomic E-state index is -3.63. The maximum absolute atomic E-state index is 13.0. The average molecular weight is 417 g/mol. The van der Waals surface area contributed by atoms with E-state index >= 15 is 0 Å². The van der Waals surface area contributed by atoms with E-state index in [-0.39, 0.29) is 10.8 Å². The molecule has 2 aromatic rings. The molecule has 0 atom stereocenters. The van der Waals surface area contributed by atoms with Crippen molar-refractivity contribution in [1.82, 2.24) is 19.6 Å². The van der Waals surface area contributed by atoms with Gasteiger partial charge in [0.2, 0.25) is 21.8 Å². The zero-order valence-electron chi connectivity index (χ0n) is 16.5. The van der Waals surface area contributed by atoms with Crippen LogP contribution in [0, 0.1) is 6.92 Å². The first-order chi connectivity index (χ1) is 13.7. The molecule has 1 saturated heterocycles. The van der Waals surface area contributed by atoms with Crippen LogP contribution >= 0.6 is 0 Å². The van der Waals surface area contributed by atoms with E-state index in [0.717, 1.165) is 5.69 Å². The van der Waals surface area contributed by atoms with Gasteiger partial charge in [-0.2, -0.15) is 4.31 Å². The molecule has 0 saturated carbocycles. The molecule has 1 aliphatic heterocycles. The molecule has 1 aromatic heterocycles. The summed E-state index contributed by atoms with van der Waals surface area (Å²) in [6.45, 7) is 7.83. The van der Waals surface area contributed by atoms with E-state index in [2.05, 4.69) is 21.9 Å². The smallest absolute Gasteiger partial charge is 0.243 e. The Kier molecular flexibility index (Phi) is 5.99. The van der Waals surface area contributed by atoms with Gasteiger partial charge in [0.25, 0.3) is 0 Å². The molecule has 1 amide bonds. The van der Waals surface area contributed by atoms with Crippen molar-refractivity contribution < 1.29 is 17.9 Å². The number of carbonyl (C=O) groups is 1. The third-order valence-corrected chi connectivity index (χ3v) is 6.77. The molecule has 0 bridgehead atoms. The van der Waals surface area contributed by atoms with E-state index in [1.165, 1.54) is 28.7 Å². The van der Waals surface area contributed by atoms with E-state index in [9.17, 15) is 13.2 Å². The van der Waals surface area contributed by atoms with Crippen molar-refractivity contribution in [3.63, 3.8) is 0 Å². The van der Waals surface area contributed by atoms with Gasteiger partial charge in [-0.15, -0.1) is 0 Å². The van der Waals surface area contributed by atoms with Crippen molar-refractivity contribution in [1.29, 1.82) is 0 Å². The Hall–Kier alpha value is -2.78. The van der Waals surface area contributed by atoms with Crippen LogP contribution in [0.15, 0.2) is 54.2 Å². The molecule has 3 rings (SSSR count). The number of sulfonamides is 1. The van der Waals surface area contributed by atoms with Crippen LogP contribution in [-0.4, -0.2) is 47.2 Å². The highest BCUT2D eigenvalue weighted by atomic mass is 32.2. The SMILES string of the molecule is C=CC(=O)NC1(C)CCN(S(=O)(=O)c2ccc(Oc3cncc(C)n3)cc2)CC1. The molecule has 1 aromatic carbocycles. The second-order valence-corrected chi connectivity index (χ2v) is 9.17. The summed E-state index contributed by atoms with van der Waals surface area (Å²) >= 11 is 0. The van der Waals surface area contributed by atoms with Crippen LogP contribution in [0.25, 0.3) is 0 Å². The van der Waals surface area contributed by atoms with Crippen molar-refractivity contribution in [3.8, 4) is 11.6 Å². The fourth-order valence-corrected chi connectivity index (χ4v) is 4.57. The van der Waals surface area contributed by atoms with Crippen molar-refractivity contribution in [3.05, 3.63) is 55.0 Å². The number of hydrogen-bond acceptors (Lipinski definition) is 6. The molecule has 2 heterocycles. The lowest BCUT2D eigenvalue weighted by molar-refractivity contribution is -0.118. The number of nitrogens with one attached hydrogen (secondary N) is 1. The number of piperidine rings is 1. The summed E-state index contributed by atoms with van der Waals surface area (Å²) in [7, 11) is -3.63. The maximum atomic E-state index is 13.0. The standard InChI is InChI=1S/C20H24N4O4S/c1-4-18(25)23-20(3)9-11-24(12-10-20)29(26,27)17-7-5-16(6-8-17)28-19-14-21-13-15(2)22-19/h4-8,13-14H,1,9-12H2,2-3H3,(H,23,25). The van der Waals surface area contributed by atoms with Crippen LogP contribution in [0.2, 0.25) is 0 Å². The minimum absolute atomic E-state index is 0.193. The molecular weight excluding hydrogens is 392 g/mol. The molecule has 9 heteroatoms. The number of rotatable bonds is 6. The van der Waals surface area contributed by atoms with Crippen LogP contribution in [0.5, 0.6) is 11.6 Å². The summed E-state index contributed by atoms with van der Waals surface area (Å²) in [5.41, 5.74) is 0.284. The fraction of sp³-hybridized carbons (Fsp3) is 0.350. The van der Waals surface area contributed by atoms with Crippen LogP contribution < -0.4 is 10.1 Å². The van der Waals surface area contributed by atoms with Crippen molar-refractivity contribution >= 4 is 15.9 Å². The summed E-state index contributed by atoms with van der Waals surface area (Å²) in [6, 6.07) is 6.22. The molecular formula is C20H24N4O4S. The topological polar surface area (TPSA) is 101 Å². The van der Waals surface area contributed by atoms with Gasteiger partial charge in [0.1, 0.15) is 5.75 Å². The van der Waals surface area contributed by atoms with Gasteiger partial charge < -0.3 is 10.1 Å². The molecule has 0 spiro atoms. The summed E-state index contributed by atoms with van der Waals surface area (Å²) in [5, 5.41) is 2.89. The largest absolute Gasteiger partial charge is 0.437 e. The van der Waals surface area contributed by atoms with Crippen LogP contribution in [-0.2, 0) is 14.8 Å². The molecule has 0 radical (unpaired) electrons. The van der Waals surface area contributed by atoms with Crippen molar-refractivity contribution in [2.24, 2.45) is 0 Å². The maximum Gasteiger partial charge on any atom is 0.243 e. The predicted molar refractivity (Wildman–Crippen MR) is 108 cm³/mol. The number of ether oxygens (including phenoxy) is 1. The Morgan fingerprint density at radius 2 is 1.90 bits per heavy atom. The molecule has 154 valence electrons. The fourth-order valence-electron chi connectivity index (χ4n) is 3.13. The zero-order valence-corrected chi connectivity index (χ0v) is 17.3. The predicted octanol–water partition coefficient (Wildman–Crippen LogP) is 2.42. The molecule has 1 N–H and O–H groups in total. The third-order valence-electron chi connectivity index (χ3n) is 4.85. The molecule has 1 aliphatic rings. The Balaban J connectivity index is 1.67. The lowest BCUT2D eigenvalue weighted by Crippen LogP contribution is -2.53. The number of benzene rings is 1. The number of nitrogens with zero attached hydrogens (tertiary/aromatic N) is 3. The molecule has 0 unspecified atom stereocenters. The summed E-state index contributed by atoms with van der Waals surface area (Å²) in [4.78, 5) is 20.0. The minimum Gasteiger partial charge on any atom is -0.437 e. The van der Waals surface area contributed by atoms with Crippen molar-refractivity contribution in [2.45, 2.75) is 37.1 Å². The molecule has 8 nitrogen and oxygen atoms in total. The van der Waals surface area contributed by atoms with Gasteiger partial charge in [0.05, 0.1) is 16.8 Å². The zero-order chi connectivity index (χ0) is 21.1. The first kappa shape index (κ1) is 20.9. The first-order valence-corrected chi connectivity index (χ1v) is 10.7. The van der Waals surface area contributed by atoms with Crippen molar-refractivity contribution in [2.75, 3.05) is 13.1 Å². The van der Waals surface area contributed by atoms with E-state index in [0.29, 0.717) is 37.6 Å². The Morgan fingerprint density at radius 3 is 2.48 bits per heavy atom. The van der Waals surface area contributed by atoms with Crippen LogP contribution in [0.4, 0.5) is 0 Å². The second-order valence-electron chi connectivity index (χ2n) is 7.23. The van der Waals surface area contributed by atoms with Gasteiger partial charge in [0.15, 0.2) is 0 Å². The van der Waals surface area contributed by atoms with E-state index in [4.69, 9.17) is 4.74 Å². The van der Waals surface area contributed by atoms with Gasteiger partial charge in [-0.25, -0.2) is 13.4 Å². The highest BCUT2D eigenvalue weighted by Crippen LogP contribution is 2.28. The third kappa shape index (κ3) is 4.99. The molecule has 29 heavy (non-hydrogen) atoms. The van der Waals surface area contributed by atoms with Gasteiger partial charge in [-0.3, -0.25) is 9.78 Å². The number of aromatic nitrogens is 2. The summed E-state index contributed by atoms with van der Waals surface area (Å²) in [6.07, 6.45) is 5.39. The van der Waals surface area contributed by atoms with E-state index < -0.39 is 15.6 Å². The normalized spacial score (nSPS) is 16.8. The van der Waals surface area contributed by atoms with Crippen LogP contribution in [0.3, 0.4) is 0 Å². The Morgan fingerprint density at radius 1 is 1.24 bits per heavy atom. The van der Waals surface area contributed by atoms with Gasteiger partial charge >= 0.3 is 0 Å². The number of aryl methyl sites for hydroxylation is 1. The van der Waals surface area contributed by atoms with Gasteiger partial charge in [-0.05, 0) is 57.0 Å². The van der Waals surface area contributed by atoms with Gasteiger partial charge in [0, 0.05) is 24.8 Å².